The van der Waals surface area contributed by atoms with Gasteiger partial charge in [-0.2, -0.15) is 4.31 Å². The van der Waals surface area contributed by atoms with Crippen LogP contribution in [0, 0.1) is 18.3 Å². The zero-order valence-electron chi connectivity index (χ0n) is 11.1. The maximum atomic E-state index is 12.5. The Labute approximate surface area is 113 Å². The number of nitrogens with zero attached hydrogens (tertiary/aromatic N) is 3. The summed E-state index contributed by atoms with van der Waals surface area (Å²) in [5.41, 5.74) is 5.48. The topological polar surface area (TPSA) is 105 Å². The second-order valence-corrected chi connectivity index (χ2v) is 6.78. The summed E-state index contributed by atoms with van der Waals surface area (Å²) < 4.78 is 28.0. The third kappa shape index (κ3) is 2.64. The summed E-state index contributed by atoms with van der Waals surface area (Å²) in [6.45, 7) is 2.49. The van der Waals surface area contributed by atoms with E-state index in [0.717, 1.165) is 12.8 Å². The van der Waals surface area contributed by atoms with Crippen LogP contribution < -0.4 is 5.73 Å². The van der Waals surface area contributed by atoms with Gasteiger partial charge >= 0.3 is 0 Å². The lowest BCUT2D eigenvalue weighted by Gasteiger charge is -2.30. The van der Waals surface area contributed by atoms with Crippen molar-refractivity contribution < 1.29 is 8.42 Å². The molecule has 3 N–H and O–H groups in total. The summed E-state index contributed by atoms with van der Waals surface area (Å²) in [5, 5.41) is 7.53. The molecule has 1 aromatic rings. The van der Waals surface area contributed by atoms with Gasteiger partial charge in [0.05, 0.1) is 5.84 Å². The molecule has 0 saturated carbocycles. The van der Waals surface area contributed by atoms with Crippen molar-refractivity contribution in [2.45, 2.75) is 24.8 Å². The van der Waals surface area contributed by atoms with E-state index in [4.69, 9.17) is 11.1 Å². The summed E-state index contributed by atoms with van der Waals surface area (Å²) >= 11 is 0. The first-order valence-electron chi connectivity index (χ1n) is 6.16. The average Bonchev–Trinajstić information content (AvgIpc) is 2.70. The number of sulfonamides is 1. The van der Waals surface area contributed by atoms with Crippen molar-refractivity contribution >= 4 is 15.9 Å². The van der Waals surface area contributed by atoms with E-state index in [0.29, 0.717) is 12.4 Å². The second-order valence-electron chi connectivity index (χ2n) is 4.89. The number of piperidine rings is 1. The summed E-state index contributed by atoms with van der Waals surface area (Å²) in [6, 6.07) is 0. The lowest BCUT2D eigenvalue weighted by molar-refractivity contribution is 0.309. The number of hydrogen-bond acceptors (Lipinski definition) is 4. The fourth-order valence-corrected chi connectivity index (χ4v) is 3.75. The van der Waals surface area contributed by atoms with Crippen LogP contribution in [0.4, 0.5) is 0 Å². The number of imidazole rings is 1. The van der Waals surface area contributed by atoms with Gasteiger partial charge in [-0.05, 0) is 19.8 Å². The molecule has 7 nitrogen and oxygen atoms in total. The smallest absolute Gasteiger partial charge is 0.262 e. The quantitative estimate of drug-likeness (QED) is 0.605. The third-order valence-electron chi connectivity index (χ3n) is 3.51. The first-order chi connectivity index (χ1) is 8.82. The minimum absolute atomic E-state index is 0.0529. The Morgan fingerprint density at radius 1 is 1.58 bits per heavy atom. The zero-order chi connectivity index (χ0) is 14.2. The maximum absolute atomic E-state index is 12.5. The summed E-state index contributed by atoms with van der Waals surface area (Å²) in [4.78, 5) is 4.08. The van der Waals surface area contributed by atoms with Crippen molar-refractivity contribution in [3.8, 4) is 0 Å². The van der Waals surface area contributed by atoms with Crippen molar-refractivity contribution in [1.29, 1.82) is 5.41 Å². The van der Waals surface area contributed by atoms with E-state index in [1.54, 1.807) is 18.5 Å². The highest BCUT2D eigenvalue weighted by molar-refractivity contribution is 7.89. The molecule has 106 valence electrons. The molecule has 0 bridgehead atoms. The molecule has 2 heterocycles. The molecule has 1 atom stereocenters. The van der Waals surface area contributed by atoms with E-state index < -0.39 is 10.0 Å². The highest BCUT2D eigenvalue weighted by Gasteiger charge is 2.32. The van der Waals surface area contributed by atoms with E-state index >= 15 is 0 Å². The summed E-state index contributed by atoms with van der Waals surface area (Å²) in [5.74, 6) is 0.518. The summed E-state index contributed by atoms with van der Waals surface area (Å²) in [7, 11) is -1.82. The van der Waals surface area contributed by atoms with Crippen LogP contribution in [-0.4, -0.2) is 41.2 Å². The molecule has 0 spiro atoms. The van der Waals surface area contributed by atoms with Crippen LogP contribution in [0.1, 0.15) is 18.7 Å². The fraction of sp³-hybridized carbons (Fsp3) is 0.636. The van der Waals surface area contributed by atoms with Gasteiger partial charge in [-0.3, -0.25) is 5.41 Å². The van der Waals surface area contributed by atoms with Crippen LogP contribution in [0.25, 0.3) is 0 Å². The van der Waals surface area contributed by atoms with Gasteiger partial charge in [-0.1, -0.05) is 0 Å². The molecule has 19 heavy (non-hydrogen) atoms. The molecule has 1 fully saturated rings. The Balaban J connectivity index is 2.26. The Hall–Kier alpha value is -1.41. The number of aromatic nitrogens is 2. The Morgan fingerprint density at radius 2 is 2.26 bits per heavy atom. The molecule has 0 aromatic carbocycles. The standard InChI is InChI=1S/C11H19N5O2S/c1-8-14-10(7-15(8)2)19(17,18)16-5-3-4-9(6-16)11(12)13/h7,9H,3-6H2,1-2H3,(H3,12,13). The van der Waals surface area contributed by atoms with Gasteiger partial charge in [0.15, 0.2) is 5.03 Å². The Bertz CT molecular complexity index is 573. The molecular weight excluding hydrogens is 266 g/mol. The fourth-order valence-electron chi connectivity index (χ4n) is 2.20. The van der Waals surface area contributed by atoms with Gasteiger partial charge in [-0.15, -0.1) is 0 Å². The van der Waals surface area contributed by atoms with Crippen LogP contribution >= 0.6 is 0 Å². The van der Waals surface area contributed by atoms with Crippen molar-refractivity contribution in [2.24, 2.45) is 18.7 Å². The molecule has 1 aromatic heterocycles. The number of hydrogen-bond donors (Lipinski definition) is 2. The lowest BCUT2D eigenvalue weighted by atomic mass is 9.99. The Kier molecular flexibility index (Phi) is 3.64. The third-order valence-corrected chi connectivity index (χ3v) is 5.25. The molecule has 1 aliphatic rings. The van der Waals surface area contributed by atoms with Crippen molar-refractivity contribution in [2.75, 3.05) is 13.1 Å². The van der Waals surface area contributed by atoms with Crippen molar-refractivity contribution in [3.63, 3.8) is 0 Å². The number of nitrogens with one attached hydrogen (secondary N) is 1. The number of rotatable bonds is 3. The van der Waals surface area contributed by atoms with E-state index in [9.17, 15) is 8.42 Å². The molecule has 1 aliphatic heterocycles. The van der Waals surface area contributed by atoms with Gasteiger partial charge < -0.3 is 10.3 Å². The van der Waals surface area contributed by atoms with Crippen molar-refractivity contribution in [1.82, 2.24) is 13.9 Å². The molecule has 0 aliphatic carbocycles. The first-order valence-corrected chi connectivity index (χ1v) is 7.60. The normalized spacial score (nSPS) is 21.5. The van der Waals surface area contributed by atoms with E-state index in [2.05, 4.69) is 4.98 Å². The largest absolute Gasteiger partial charge is 0.387 e. The van der Waals surface area contributed by atoms with Crippen LogP contribution in [0.2, 0.25) is 0 Å². The van der Waals surface area contributed by atoms with Crippen LogP contribution in [0.15, 0.2) is 11.2 Å². The molecule has 0 amide bonds. The number of aryl methyl sites for hydroxylation is 2. The lowest BCUT2D eigenvalue weighted by Crippen LogP contribution is -2.43. The van der Waals surface area contributed by atoms with E-state index in [1.807, 2.05) is 0 Å². The second kappa shape index (κ2) is 4.93. The van der Waals surface area contributed by atoms with Crippen molar-refractivity contribution in [3.05, 3.63) is 12.0 Å². The van der Waals surface area contributed by atoms with E-state index in [1.165, 1.54) is 10.5 Å². The van der Waals surface area contributed by atoms with Gasteiger partial charge in [0.1, 0.15) is 5.82 Å². The molecular formula is C11H19N5O2S. The molecule has 2 rings (SSSR count). The van der Waals surface area contributed by atoms with Crippen LogP contribution in [0.5, 0.6) is 0 Å². The number of nitrogens with two attached hydrogens (primary N) is 1. The Morgan fingerprint density at radius 3 is 2.79 bits per heavy atom. The van der Waals surface area contributed by atoms with E-state index in [-0.39, 0.29) is 23.3 Å². The molecule has 1 saturated heterocycles. The SMILES string of the molecule is Cc1nc(S(=O)(=O)N2CCCC(C(=N)N)C2)cn1C. The highest BCUT2D eigenvalue weighted by atomic mass is 32.2. The molecule has 8 heteroatoms. The minimum atomic E-state index is -3.58. The molecule has 1 unspecified atom stereocenters. The maximum Gasteiger partial charge on any atom is 0.262 e. The van der Waals surface area contributed by atoms with Crippen LogP contribution in [0.3, 0.4) is 0 Å². The van der Waals surface area contributed by atoms with Gasteiger partial charge in [0.2, 0.25) is 0 Å². The monoisotopic (exact) mass is 285 g/mol. The summed E-state index contributed by atoms with van der Waals surface area (Å²) in [6.07, 6.45) is 3.00. The number of amidine groups is 1. The highest BCUT2D eigenvalue weighted by Crippen LogP contribution is 2.23. The minimum Gasteiger partial charge on any atom is -0.387 e. The predicted octanol–water partition coefficient (Wildman–Crippen LogP) is 0.0652. The van der Waals surface area contributed by atoms with Gasteiger partial charge in [-0.25, -0.2) is 13.4 Å². The van der Waals surface area contributed by atoms with Crippen LogP contribution in [-0.2, 0) is 17.1 Å². The average molecular weight is 285 g/mol. The first kappa shape index (κ1) is 14.0. The predicted molar refractivity (Wildman–Crippen MR) is 71.3 cm³/mol. The van der Waals surface area contributed by atoms with Gasteiger partial charge in [0.25, 0.3) is 10.0 Å². The zero-order valence-corrected chi connectivity index (χ0v) is 11.9. The van der Waals surface area contributed by atoms with Gasteiger partial charge in [0, 0.05) is 32.3 Å². The molecule has 0 radical (unpaired) electrons.